The van der Waals surface area contributed by atoms with Crippen molar-refractivity contribution < 1.29 is 0 Å². The van der Waals surface area contributed by atoms with Crippen LogP contribution in [0.3, 0.4) is 0 Å². The van der Waals surface area contributed by atoms with Crippen molar-refractivity contribution in [2.24, 2.45) is 22.2 Å². The van der Waals surface area contributed by atoms with Gasteiger partial charge in [-0.25, -0.2) is 0 Å². The molecular weight excluding hydrogens is 278 g/mol. The first kappa shape index (κ1) is 16.5. The van der Waals surface area contributed by atoms with E-state index >= 15 is 0 Å². The fourth-order valence-corrected chi connectivity index (χ4v) is 4.49. The minimum atomic E-state index is 0. The summed E-state index contributed by atoms with van der Waals surface area (Å²) in [6.07, 6.45) is 4.08. The van der Waals surface area contributed by atoms with Gasteiger partial charge in [-0.1, -0.05) is 51.5 Å². The van der Waals surface area contributed by atoms with Gasteiger partial charge in [0.1, 0.15) is 0 Å². The summed E-state index contributed by atoms with van der Waals surface area (Å²) in [4.78, 5) is 4.93. The van der Waals surface area contributed by atoms with E-state index in [0.29, 0.717) is 11.3 Å². The van der Waals surface area contributed by atoms with E-state index in [1.54, 1.807) is 5.56 Å². The van der Waals surface area contributed by atoms with Gasteiger partial charge in [0.15, 0.2) is 0 Å². The van der Waals surface area contributed by atoms with Crippen molar-refractivity contribution in [3.05, 3.63) is 35.4 Å². The second-order valence-electron chi connectivity index (χ2n) is 7.48. The molecule has 1 nitrogen and oxygen atoms in total. The normalized spacial score (nSPS) is 29.7. The molecule has 0 bridgehead atoms. The molecule has 0 N–H and O–H groups in total. The number of hydrogen-bond donors (Lipinski definition) is 0. The van der Waals surface area contributed by atoms with Gasteiger partial charge in [0.25, 0.3) is 0 Å². The molecule has 0 aromatic heterocycles. The van der Waals surface area contributed by atoms with Crippen LogP contribution in [0.1, 0.15) is 64.0 Å². The van der Waals surface area contributed by atoms with Crippen molar-refractivity contribution in [2.45, 2.75) is 52.9 Å². The summed E-state index contributed by atoms with van der Waals surface area (Å²) in [5.74, 6) is 2.13. The number of benzene rings is 1. The number of nitrogens with zero attached hydrogens (tertiary/aromatic N) is 1. The summed E-state index contributed by atoms with van der Waals surface area (Å²) in [6.45, 7) is 10.3. The average Bonchev–Trinajstić information content (AvgIpc) is 2.73. The number of fused-ring (bicyclic) bond motifs is 3. The molecule has 1 aromatic rings. The first-order chi connectivity index (χ1) is 9.54. The summed E-state index contributed by atoms with van der Waals surface area (Å²) in [6, 6.07) is 9.01. The van der Waals surface area contributed by atoms with Gasteiger partial charge in [0.05, 0.1) is 0 Å². The lowest BCUT2D eigenvalue weighted by atomic mass is 9.62. The predicted octanol–water partition coefficient (Wildman–Crippen LogP) is 5.48. The van der Waals surface area contributed by atoms with E-state index in [2.05, 4.69) is 52.0 Å². The van der Waals surface area contributed by atoms with Crippen LogP contribution < -0.4 is 0 Å². The maximum Gasteiger partial charge on any atom is 0.0463 e. The van der Waals surface area contributed by atoms with Crippen molar-refractivity contribution in [2.75, 3.05) is 6.54 Å². The zero-order chi connectivity index (χ0) is 14.3. The topological polar surface area (TPSA) is 12.4 Å². The molecule has 116 valence electrons. The third-order valence-corrected chi connectivity index (χ3v) is 5.29. The molecule has 1 fully saturated rings. The average molecular weight is 306 g/mol. The van der Waals surface area contributed by atoms with E-state index < -0.39 is 0 Å². The largest absolute Gasteiger partial charge is 0.289 e. The van der Waals surface area contributed by atoms with Crippen LogP contribution in [-0.4, -0.2) is 12.3 Å². The molecule has 2 aliphatic carbocycles. The summed E-state index contributed by atoms with van der Waals surface area (Å²) < 4.78 is 0. The van der Waals surface area contributed by atoms with Crippen LogP contribution in [0.2, 0.25) is 0 Å². The first-order valence-corrected chi connectivity index (χ1v) is 8.17. The molecular formula is C19H28ClN. The maximum atomic E-state index is 4.93. The van der Waals surface area contributed by atoms with Crippen molar-refractivity contribution in [1.29, 1.82) is 0 Å². The summed E-state index contributed by atoms with van der Waals surface area (Å²) in [5.41, 5.74) is 4.80. The first-order valence-electron chi connectivity index (χ1n) is 8.17. The van der Waals surface area contributed by atoms with E-state index in [-0.39, 0.29) is 12.4 Å². The summed E-state index contributed by atoms with van der Waals surface area (Å²) in [7, 11) is 0. The maximum absolute atomic E-state index is 4.93. The smallest absolute Gasteiger partial charge is 0.0463 e. The molecule has 3 unspecified atom stereocenters. The quantitative estimate of drug-likeness (QED) is 0.651. The number of aliphatic imine (C=N–C) groups is 1. The van der Waals surface area contributed by atoms with Gasteiger partial charge in [0.2, 0.25) is 0 Å². The second kappa shape index (κ2) is 6.12. The fourth-order valence-electron chi connectivity index (χ4n) is 4.49. The fraction of sp³-hybridized carbons (Fsp3) is 0.632. The van der Waals surface area contributed by atoms with Gasteiger partial charge >= 0.3 is 0 Å². The molecule has 2 aliphatic rings. The molecule has 0 radical (unpaired) electrons. The van der Waals surface area contributed by atoms with Gasteiger partial charge in [-0.05, 0) is 48.1 Å². The minimum Gasteiger partial charge on any atom is -0.289 e. The monoisotopic (exact) mass is 305 g/mol. The van der Waals surface area contributed by atoms with E-state index in [9.17, 15) is 0 Å². The van der Waals surface area contributed by atoms with Crippen LogP contribution in [0, 0.1) is 17.3 Å². The van der Waals surface area contributed by atoms with E-state index in [1.165, 1.54) is 30.5 Å². The van der Waals surface area contributed by atoms with E-state index in [4.69, 9.17) is 4.99 Å². The van der Waals surface area contributed by atoms with Gasteiger partial charge < -0.3 is 0 Å². The molecule has 0 saturated heterocycles. The molecule has 1 saturated carbocycles. The molecule has 0 heterocycles. The number of hydrogen-bond acceptors (Lipinski definition) is 1. The molecule has 3 rings (SSSR count). The lowest BCUT2D eigenvalue weighted by Gasteiger charge is -2.42. The summed E-state index contributed by atoms with van der Waals surface area (Å²) >= 11 is 0. The highest BCUT2D eigenvalue weighted by Crippen LogP contribution is 2.54. The minimum absolute atomic E-state index is 0. The predicted molar refractivity (Wildman–Crippen MR) is 93.8 cm³/mol. The Morgan fingerprint density at radius 3 is 2.52 bits per heavy atom. The highest BCUT2D eigenvalue weighted by molar-refractivity contribution is 6.07. The Labute approximate surface area is 135 Å². The van der Waals surface area contributed by atoms with Crippen LogP contribution in [0.4, 0.5) is 0 Å². The van der Waals surface area contributed by atoms with E-state index in [0.717, 1.165) is 18.4 Å². The molecule has 3 atom stereocenters. The molecule has 0 aliphatic heterocycles. The van der Waals surface area contributed by atoms with Crippen molar-refractivity contribution in [3.63, 3.8) is 0 Å². The van der Waals surface area contributed by atoms with Crippen molar-refractivity contribution in [1.82, 2.24) is 0 Å². The van der Waals surface area contributed by atoms with Gasteiger partial charge in [-0.3, -0.25) is 4.99 Å². The third kappa shape index (κ3) is 2.77. The molecule has 0 amide bonds. The Balaban J connectivity index is 0.00000161. The number of rotatable bonds is 1. The van der Waals surface area contributed by atoms with Crippen LogP contribution in [-0.2, 0) is 0 Å². The second-order valence-corrected chi connectivity index (χ2v) is 7.48. The van der Waals surface area contributed by atoms with Crippen LogP contribution in [0.15, 0.2) is 29.3 Å². The summed E-state index contributed by atoms with van der Waals surface area (Å²) in [5, 5.41) is 0. The Bertz CT molecular complexity index is 527. The van der Waals surface area contributed by atoms with E-state index in [1.807, 2.05) is 0 Å². The number of halogens is 1. The molecule has 2 heteroatoms. The molecule has 1 aromatic carbocycles. The molecule has 0 spiro atoms. The Kier molecular flexibility index (Phi) is 4.82. The highest BCUT2D eigenvalue weighted by atomic mass is 35.5. The Morgan fingerprint density at radius 2 is 1.86 bits per heavy atom. The van der Waals surface area contributed by atoms with Gasteiger partial charge in [-0.15, -0.1) is 12.4 Å². The molecule has 21 heavy (non-hydrogen) atoms. The van der Waals surface area contributed by atoms with Crippen LogP contribution in [0.5, 0.6) is 0 Å². The van der Waals surface area contributed by atoms with Gasteiger partial charge in [-0.2, -0.15) is 0 Å². The van der Waals surface area contributed by atoms with Gasteiger partial charge in [0, 0.05) is 18.2 Å². The lowest BCUT2D eigenvalue weighted by Crippen LogP contribution is -2.36. The van der Waals surface area contributed by atoms with Crippen LogP contribution >= 0.6 is 12.4 Å². The van der Waals surface area contributed by atoms with Crippen molar-refractivity contribution in [3.8, 4) is 0 Å². The zero-order valence-corrected chi connectivity index (χ0v) is 14.5. The standard InChI is InChI=1S/C19H27N.ClH/c1-5-20-18-15-10-7-6-9-13(15)14-11-8-12-16(17(14)18)19(2,3)4;/h6-7,9-10,14,16-17H,5,8,11-12H2,1-4H3;1H. The Morgan fingerprint density at radius 1 is 1.14 bits per heavy atom. The highest BCUT2D eigenvalue weighted by Gasteiger charge is 2.47. The zero-order valence-electron chi connectivity index (χ0n) is 13.7. The lowest BCUT2D eigenvalue weighted by molar-refractivity contribution is 0.133. The third-order valence-electron chi connectivity index (χ3n) is 5.29. The van der Waals surface area contributed by atoms with Crippen molar-refractivity contribution >= 4 is 18.1 Å². The SMILES string of the molecule is CCN=C1c2ccccc2C2CCCC(C(C)(C)C)C12.Cl. The Hall–Kier alpha value is -0.820. The van der Waals surface area contributed by atoms with Crippen LogP contribution in [0.25, 0.3) is 0 Å².